The summed E-state index contributed by atoms with van der Waals surface area (Å²) in [6, 6.07) is 8.82. The van der Waals surface area contributed by atoms with Crippen LogP contribution in [0.15, 0.2) is 30.5 Å². The summed E-state index contributed by atoms with van der Waals surface area (Å²) in [4.78, 5) is 8.30. The van der Waals surface area contributed by atoms with Gasteiger partial charge in [0.1, 0.15) is 0 Å². The first kappa shape index (κ1) is 16.6. The summed E-state index contributed by atoms with van der Waals surface area (Å²) in [5.41, 5.74) is 2.64. The number of nitrogens with zero attached hydrogens (tertiary/aromatic N) is 2. The van der Waals surface area contributed by atoms with Crippen molar-refractivity contribution in [3.8, 4) is 0 Å². The van der Waals surface area contributed by atoms with Gasteiger partial charge in [0.2, 0.25) is 0 Å². The van der Waals surface area contributed by atoms with Gasteiger partial charge in [0.05, 0.1) is 6.10 Å². The van der Waals surface area contributed by atoms with Crippen LogP contribution in [0.5, 0.6) is 0 Å². The van der Waals surface area contributed by atoms with Crippen LogP contribution in [0.25, 0.3) is 10.9 Å². The van der Waals surface area contributed by atoms with Gasteiger partial charge in [-0.25, -0.2) is 0 Å². The van der Waals surface area contributed by atoms with E-state index in [1.165, 1.54) is 23.0 Å². The molecule has 140 valence electrons. The molecule has 2 unspecified atom stereocenters. The topological polar surface area (TPSA) is 51.7 Å². The average molecular weight is 355 g/mol. The van der Waals surface area contributed by atoms with Crippen LogP contribution in [0.3, 0.4) is 0 Å². The third kappa shape index (κ3) is 2.92. The highest BCUT2D eigenvalue weighted by molar-refractivity contribution is 5.83. The summed E-state index contributed by atoms with van der Waals surface area (Å²) in [5, 5.41) is 11.5. The smallest absolute Gasteiger partial charge is 0.160 e. The number of nitrogens with one attached hydrogen (secondary N) is 1. The molecular formula is C21H29N3O2. The first-order valence-electron chi connectivity index (χ1n) is 10.1. The Bertz CT molecular complexity index is 761. The minimum absolute atomic E-state index is 0.111. The maximum atomic E-state index is 10.2. The van der Waals surface area contributed by atoms with Crippen molar-refractivity contribution in [1.82, 2.24) is 9.88 Å². The summed E-state index contributed by atoms with van der Waals surface area (Å²) in [7, 11) is 0. The summed E-state index contributed by atoms with van der Waals surface area (Å²) >= 11 is 0. The van der Waals surface area contributed by atoms with Gasteiger partial charge in [-0.1, -0.05) is 6.42 Å². The Morgan fingerprint density at radius 3 is 2.73 bits per heavy atom. The van der Waals surface area contributed by atoms with Gasteiger partial charge >= 0.3 is 0 Å². The van der Waals surface area contributed by atoms with E-state index in [9.17, 15) is 5.11 Å². The molecule has 2 saturated heterocycles. The zero-order valence-corrected chi connectivity index (χ0v) is 15.4. The maximum Gasteiger partial charge on any atom is 0.160 e. The van der Waals surface area contributed by atoms with Gasteiger partial charge in [-0.15, -0.1) is 0 Å². The number of hydrogen-bond donors (Lipinski definition) is 2. The van der Waals surface area contributed by atoms with E-state index >= 15 is 0 Å². The van der Waals surface area contributed by atoms with Crippen molar-refractivity contribution in [3.05, 3.63) is 30.5 Å². The lowest BCUT2D eigenvalue weighted by atomic mass is 9.66. The predicted molar refractivity (Wildman–Crippen MR) is 103 cm³/mol. The highest BCUT2D eigenvalue weighted by atomic mass is 16.6. The molecule has 2 atom stereocenters. The second kappa shape index (κ2) is 6.55. The number of aliphatic hydroxyl groups is 1. The quantitative estimate of drug-likeness (QED) is 0.885. The SMILES string of the molecule is OC1OC(CCN2CCN(c3ccc4[nH]ccc4c3)CC2)CC12CCC2. The minimum Gasteiger partial charge on any atom is -0.369 e. The van der Waals surface area contributed by atoms with Crippen LogP contribution in [0.4, 0.5) is 5.69 Å². The van der Waals surface area contributed by atoms with Crippen LogP contribution in [0, 0.1) is 5.41 Å². The Balaban J connectivity index is 1.12. The number of piperazine rings is 1. The number of aliphatic hydroxyl groups excluding tert-OH is 1. The standard InChI is InChI=1S/C21H29N3O2/c25-20-21(6-1-7-21)15-18(26-20)5-9-23-10-12-24(13-11-23)17-2-3-19-16(14-17)4-8-22-19/h2-4,8,14,18,20,22,25H,1,5-7,9-13,15H2. The first-order valence-corrected chi connectivity index (χ1v) is 10.1. The van der Waals surface area contributed by atoms with Gasteiger partial charge in [-0.05, 0) is 49.9 Å². The van der Waals surface area contributed by atoms with Crippen LogP contribution in [-0.2, 0) is 4.74 Å². The highest BCUT2D eigenvalue weighted by Gasteiger charge is 2.51. The Morgan fingerprint density at radius 1 is 1.15 bits per heavy atom. The van der Waals surface area contributed by atoms with E-state index in [-0.39, 0.29) is 11.5 Å². The molecule has 1 saturated carbocycles. The van der Waals surface area contributed by atoms with Gasteiger partial charge in [-0.3, -0.25) is 4.90 Å². The zero-order chi connectivity index (χ0) is 17.6. The summed E-state index contributed by atoms with van der Waals surface area (Å²) < 4.78 is 5.85. The van der Waals surface area contributed by atoms with Crippen molar-refractivity contribution in [2.24, 2.45) is 5.41 Å². The molecule has 3 fully saturated rings. The number of ether oxygens (including phenoxy) is 1. The lowest BCUT2D eigenvalue weighted by Gasteiger charge is -2.39. The fourth-order valence-electron chi connectivity index (χ4n) is 4.97. The van der Waals surface area contributed by atoms with E-state index in [0.29, 0.717) is 0 Å². The number of aromatic amines is 1. The Hall–Kier alpha value is -1.56. The Labute approximate surface area is 154 Å². The van der Waals surface area contributed by atoms with Gasteiger partial charge in [-0.2, -0.15) is 0 Å². The van der Waals surface area contributed by atoms with Crippen molar-refractivity contribution < 1.29 is 9.84 Å². The van der Waals surface area contributed by atoms with Crippen LogP contribution in [0.2, 0.25) is 0 Å². The molecule has 2 aromatic rings. The molecule has 0 bridgehead atoms. The lowest BCUT2D eigenvalue weighted by molar-refractivity contribution is -0.156. The molecule has 5 rings (SSSR count). The minimum atomic E-state index is -0.513. The molecule has 3 heterocycles. The number of benzene rings is 1. The van der Waals surface area contributed by atoms with Crippen molar-refractivity contribution >= 4 is 16.6 Å². The third-order valence-electron chi connectivity index (χ3n) is 6.87. The van der Waals surface area contributed by atoms with E-state index in [4.69, 9.17) is 4.74 Å². The van der Waals surface area contributed by atoms with Crippen molar-refractivity contribution in [3.63, 3.8) is 0 Å². The third-order valence-corrected chi connectivity index (χ3v) is 6.87. The van der Waals surface area contributed by atoms with E-state index in [0.717, 1.165) is 58.4 Å². The Kier molecular flexibility index (Phi) is 4.18. The van der Waals surface area contributed by atoms with Crippen molar-refractivity contribution in [2.45, 2.75) is 44.5 Å². The number of rotatable bonds is 4. The zero-order valence-electron chi connectivity index (χ0n) is 15.4. The molecule has 2 aliphatic heterocycles. The highest BCUT2D eigenvalue weighted by Crippen LogP contribution is 2.53. The average Bonchev–Trinajstić information content (AvgIpc) is 3.23. The van der Waals surface area contributed by atoms with Crippen LogP contribution >= 0.6 is 0 Å². The maximum absolute atomic E-state index is 10.2. The second-order valence-electron chi connectivity index (χ2n) is 8.40. The van der Waals surface area contributed by atoms with E-state index in [1.54, 1.807) is 0 Å². The van der Waals surface area contributed by atoms with Crippen molar-refractivity contribution in [1.29, 1.82) is 0 Å². The normalized spacial score (nSPS) is 28.7. The predicted octanol–water partition coefficient (Wildman–Crippen LogP) is 2.96. The number of fused-ring (bicyclic) bond motifs is 1. The molecule has 1 aromatic heterocycles. The fourth-order valence-corrected chi connectivity index (χ4v) is 4.97. The molecule has 1 aliphatic carbocycles. The molecule has 5 heteroatoms. The molecule has 26 heavy (non-hydrogen) atoms. The number of aromatic nitrogens is 1. The van der Waals surface area contributed by atoms with Crippen LogP contribution in [0.1, 0.15) is 32.1 Å². The lowest BCUT2D eigenvalue weighted by Crippen LogP contribution is -2.47. The number of anilines is 1. The van der Waals surface area contributed by atoms with Crippen LogP contribution in [-0.4, -0.2) is 60.1 Å². The summed E-state index contributed by atoms with van der Waals surface area (Å²) in [5.74, 6) is 0. The first-order chi connectivity index (χ1) is 12.7. The van der Waals surface area contributed by atoms with Crippen molar-refractivity contribution in [2.75, 3.05) is 37.6 Å². The largest absolute Gasteiger partial charge is 0.369 e. The van der Waals surface area contributed by atoms with Gasteiger partial charge < -0.3 is 19.7 Å². The van der Waals surface area contributed by atoms with E-state index < -0.39 is 6.29 Å². The van der Waals surface area contributed by atoms with E-state index in [2.05, 4.69) is 39.0 Å². The summed E-state index contributed by atoms with van der Waals surface area (Å²) in [6.45, 7) is 5.44. The summed E-state index contributed by atoms with van der Waals surface area (Å²) in [6.07, 6.45) is 7.40. The molecule has 1 spiro atoms. The monoisotopic (exact) mass is 355 g/mol. The number of H-pyrrole nitrogens is 1. The number of hydrogen-bond acceptors (Lipinski definition) is 4. The van der Waals surface area contributed by atoms with Crippen LogP contribution < -0.4 is 4.90 Å². The molecule has 5 nitrogen and oxygen atoms in total. The van der Waals surface area contributed by atoms with E-state index in [1.807, 2.05) is 6.20 Å². The Morgan fingerprint density at radius 2 is 2.00 bits per heavy atom. The molecule has 0 radical (unpaired) electrons. The van der Waals surface area contributed by atoms with Gasteiger partial charge in [0.15, 0.2) is 6.29 Å². The molecular weight excluding hydrogens is 326 g/mol. The molecule has 3 aliphatic rings. The second-order valence-corrected chi connectivity index (χ2v) is 8.40. The molecule has 2 N–H and O–H groups in total. The molecule has 1 aromatic carbocycles. The van der Waals surface area contributed by atoms with Gasteiger partial charge in [0, 0.05) is 60.9 Å². The van der Waals surface area contributed by atoms with Gasteiger partial charge in [0.25, 0.3) is 0 Å². The fraction of sp³-hybridized carbons (Fsp3) is 0.619. The molecule has 0 amide bonds.